The molecule has 0 aliphatic carbocycles. The average molecular weight is 208 g/mol. The number of aliphatic hydroxyl groups excluding tert-OH is 1. The summed E-state index contributed by atoms with van der Waals surface area (Å²) in [7, 11) is 0. The summed E-state index contributed by atoms with van der Waals surface area (Å²) in [5.41, 5.74) is -0.247. The number of halogens is 4. The molecule has 0 unspecified atom stereocenters. The molecule has 5 heteroatoms. The second kappa shape index (κ2) is 3.57. The quantitative estimate of drug-likeness (QED) is 0.703. The second-order valence-electron chi connectivity index (χ2n) is 2.95. The number of hydrogen-bond donors (Lipinski definition) is 1. The van der Waals surface area contributed by atoms with Crippen molar-refractivity contribution in [2.45, 2.75) is 19.2 Å². The van der Waals surface area contributed by atoms with E-state index in [9.17, 15) is 17.6 Å². The van der Waals surface area contributed by atoms with Crippen molar-refractivity contribution in [3.05, 3.63) is 35.1 Å². The van der Waals surface area contributed by atoms with Crippen LogP contribution in [0.4, 0.5) is 17.6 Å². The summed E-state index contributed by atoms with van der Waals surface area (Å²) in [6, 6.07) is 2.93. The van der Waals surface area contributed by atoms with E-state index < -0.39 is 23.7 Å². The first-order chi connectivity index (χ1) is 6.32. The topological polar surface area (TPSA) is 20.2 Å². The average Bonchev–Trinajstić information content (AvgIpc) is 2.07. The highest BCUT2D eigenvalue weighted by Crippen LogP contribution is 2.32. The Morgan fingerprint density at radius 1 is 1.29 bits per heavy atom. The maximum absolute atomic E-state index is 12.8. The minimum atomic E-state index is -4.76. The van der Waals surface area contributed by atoms with Crippen molar-refractivity contribution in [1.82, 2.24) is 0 Å². The summed E-state index contributed by atoms with van der Waals surface area (Å²) in [6.07, 6.45) is -7.39. The van der Waals surface area contributed by atoms with E-state index in [1.165, 1.54) is 13.0 Å². The van der Waals surface area contributed by atoms with Crippen LogP contribution in [0.2, 0.25) is 0 Å². The molecule has 1 atom stereocenters. The molecule has 0 saturated heterocycles. The summed E-state index contributed by atoms with van der Waals surface area (Å²) in [4.78, 5) is 0. The second-order valence-corrected chi connectivity index (χ2v) is 2.95. The number of aliphatic hydroxyl groups is 1. The van der Waals surface area contributed by atoms with Crippen LogP contribution in [0.15, 0.2) is 18.2 Å². The van der Waals surface area contributed by atoms with E-state index >= 15 is 0 Å². The number of aryl methyl sites for hydroxylation is 1. The molecule has 0 heterocycles. The Balaban J connectivity index is 3.03. The zero-order valence-electron chi connectivity index (χ0n) is 7.27. The van der Waals surface area contributed by atoms with Crippen LogP contribution in [-0.2, 0) is 0 Å². The number of benzene rings is 1. The first-order valence-corrected chi connectivity index (χ1v) is 3.83. The van der Waals surface area contributed by atoms with Crippen LogP contribution in [0.25, 0.3) is 0 Å². The van der Waals surface area contributed by atoms with Crippen molar-refractivity contribution in [2.75, 3.05) is 0 Å². The predicted molar refractivity (Wildman–Crippen MR) is 42.2 cm³/mol. The third-order valence-corrected chi connectivity index (χ3v) is 1.82. The molecule has 78 valence electrons. The van der Waals surface area contributed by atoms with Gasteiger partial charge in [-0.3, -0.25) is 0 Å². The molecule has 1 nitrogen and oxygen atoms in total. The Hall–Kier alpha value is -1.10. The Labute approximate surface area is 78.0 Å². The van der Waals surface area contributed by atoms with E-state index in [0.29, 0.717) is 6.07 Å². The Kier molecular flexibility index (Phi) is 2.80. The van der Waals surface area contributed by atoms with Gasteiger partial charge in [0.05, 0.1) is 0 Å². The van der Waals surface area contributed by atoms with Crippen LogP contribution in [0.1, 0.15) is 17.2 Å². The highest BCUT2D eigenvalue weighted by molar-refractivity contribution is 5.25. The van der Waals surface area contributed by atoms with E-state index in [-0.39, 0.29) is 5.56 Å². The third-order valence-electron chi connectivity index (χ3n) is 1.82. The summed E-state index contributed by atoms with van der Waals surface area (Å²) in [6.45, 7) is 1.43. The first-order valence-electron chi connectivity index (χ1n) is 3.83. The smallest absolute Gasteiger partial charge is 0.379 e. The van der Waals surface area contributed by atoms with Gasteiger partial charge in [-0.25, -0.2) is 4.39 Å². The standard InChI is InChI=1S/C9H8F4O/c1-5-2-3-6(4-7(5)10)8(14)9(11,12)13/h2-4,8,14H,1H3/t8-/m1/s1. The lowest BCUT2D eigenvalue weighted by Gasteiger charge is -2.14. The monoisotopic (exact) mass is 208 g/mol. The maximum Gasteiger partial charge on any atom is 0.418 e. The molecule has 0 radical (unpaired) electrons. The minimum Gasteiger partial charge on any atom is -0.379 e. The number of alkyl halides is 3. The number of hydrogen-bond acceptors (Lipinski definition) is 1. The van der Waals surface area contributed by atoms with E-state index in [2.05, 4.69) is 0 Å². The molecule has 0 aromatic heterocycles. The molecular weight excluding hydrogens is 200 g/mol. The van der Waals surface area contributed by atoms with Gasteiger partial charge in [-0.15, -0.1) is 0 Å². The molecule has 1 aromatic carbocycles. The lowest BCUT2D eigenvalue weighted by atomic mass is 10.1. The Morgan fingerprint density at radius 3 is 2.29 bits per heavy atom. The molecule has 0 aliphatic rings. The van der Waals surface area contributed by atoms with Gasteiger partial charge in [0.1, 0.15) is 5.82 Å². The van der Waals surface area contributed by atoms with E-state index in [4.69, 9.17) is 5.11 Å². The van der Waals surface area contributed by atoms with Crippen molar-refractivity contribution >= 4 is 0 Å². The molecule has 1 N–H and O–H groups in total. The van der Waals surface area contributed by atoms with Crippen LogP contribution in [0, 0.1) is 12.7 Å². The van der Waals surface area contributed by atoms with Gasteiger partial charge >= 0.3 is 6.18 Å². The maximum atomic E-state index is 12.8. The lowest BCUT2D eigenvalue weighted by molar-refractivity contribution is -0.206. The van der Waals surface area contributed by atoms with Crippen LogP contribution in [0.3, 0.4) is 0 Å². The van der Waals surface area contributed by atoms with Gasteiger partial charge < -0.3 is 5.11 Å². The van der Waals surface area contributed by atoms with Crippen LogP contribution in [-0.4, -0.2) is 11.3 Å². The van der Waals surface area contributed by atoms with E-state index in [1.54, 1.807) is 0 Å². The molecule has 0 saturated carbocycles. The predicted octanol–water partition coefficient (Wildman–Crippen LogP) is 2.73. The van der Waals surface area contributed by atoms with Crippen molar-refractivity contribution in [2.24, 2.45) is 0 Å². The summed E-state index contributed by atoms with van der Waals surface area (Å²) in [5, 5.41) is 8.78. The molecule has 0 amide bonds. The molecule has 0 fully saturated rings. The van der Waals surface area contributed by atoms with E-state index in [0.717, 1.165) is 6.07 Å². The third kappa shape index (κ3) is 2.23. The lowest BCUT2D eigenvalue weighted by Crippen LogP contribution is -2.20. The minimum absolute atomic E-state index is 0.239. The fourth-order valence-electron chi connectivity index (χ4n) is 0.968. The largest absolute Gasteiger partial charge is 0.418 e. The van der Waals surface area contributed by atoms with E-state index in [1.807, 2.05) is 0 Å². The first kappa shape index (κ1) is 11.0. The van der Waals surface area contributed by atoms with Gasteiger partial charge in [-0.05, 0) is 24.1 Å². The van der Waals surface area contributed by atoms with Crippen molar-refractivity contribution in [3.8, 4) is 0 Å². The molecular formula is C9H8F4O. The van der Waals surface area contributed by atoms with Crippen molar-refractivity contribution in [3.63, 3.8) is 0 Å². The Morgan fingerprint density at radius 2 is 1.86 bits per heavy atom. The zero-order valence-corrected chi connectivity index (χ0v) is 7.27. The zero-order chi connectivity index (χ0) is 10.9. The fourth-order valence-corrected chi connectivity index (χ4v) is 0.968. The van der Waals surface area contributed by atoms with Gasteiger partial charge in [-0.1, -0.05) is 12.1 Å². The van der Waals surface area contributed by atoms with Crippen molar-refractivity contribution < 1.29 is 22.7 Å². The summed E-state index contributed by atoms with van der Waals surface area (Å²) >= 11 is 0. The normalized spacial score (nSPS) is 14.1. The molecule has 1 rings (SSSR count). The molecule has 0 spiro atoms. The van der Waals surface area contributed by atoms with Gasteiger partial charge in [0.2, 0.25) is 0 Å². The van der Waals surface area contributed by atoms with Gasteiger partial charge in [0.25, 0.3) is 0 Å². The fraction of sp³-hybridized carbons (Fsp3) is 0.333. The molecule has 0 bridgehead atoms. The number of rotatable bonds is 1. The van der Waals surface area contributed by atoms with Crippen LogP contribution < -0.4 is 0 Å². The Bertz CT molecular complexity index is 332. The summed E-state index contributed by atoms with van der Waals surface area (Å²) < 4.78 is 48.8. The van der Waals surface area contributed by atoms with Gasteiger partial charge in [-0.2, -0.15) is 13.2 Å². The van der Waals surface area contributed by atoms with Crippen molar-refractivity contribution in [1.29, 1.82) is 0 Å². The van der Waals surface area contributed by atoms with Crippen LogP contribution in [0.5, 0.6) is 0 Å². The summed E-state index contributed by atoms with van der Waals surface area (Å²) in [5.74, 6) is -0.759. The highest BCUT2D eigenvalue weighted by Gasteiger charge is 2.39. The SMILES string of the molecule is Cc1ccc([C@@H](O)C(F)(F)F)cc1F. The molecule has 0 aliphatic heterocycles. The van der Waals surface area contributed by atoms with Crippen LogP contribution >= 0.6 is 0 Å². The highest BCUT2D eigenvalue weighted by atomic mass is 19.4. The molecule has 1 aromatic rings. The van der Waals surface area contributed by atoms with Gasteiger partial charge in [0.15, 0.2) is 6.10 Å². The van der Waals surface area contributed by atoms with Gasteiger partial charge in [0, 0.05) is 0 Å². The molecule has 14 heavy (non-hydrogen) atoms.